The van der Waals surface area contributed by atoms with Gasteiger partial charge in [0.25, 0.3) is 11.7 Å². The summed E-state index contributed by atoms with van der Waals surface area (Å²) in [7, 11) is -4.60. The third kappa shape index (κ3) is 18.1. The molecule has 85 heavy (non-hydrogen) atoms. The first kappa shape index (κ1) is 71.6. The number of alkyl halides is 2. The summed E-state index contributed by atoms with van der Waals surface area (Å²) in [5.74, 6) is -6.11. The van der Waals surface area contributed by atoms with Crippen LogP contribution in [0.1, 0.15) is 106 Å². The zero-order chi connectivity index (χ0) is 61.0. The number of halogens is 3. The molecule has 2 aromatic rings. The molecule has 2 amide bonds. The lowest BCUT2D eigenvalue weighted by atomic mass is 9.93. The number of aliphatic hydroxyl groups is 5. The number of ether oxygens (including phenoxy) is 4. The normalized spacial score (nSPS) is 29.7. The van der Waals surface area contributed by atoms with Crippen LogP contribution >= 0.6 is 25.9 Å². The smallest absolute Gasteiger partial charge is 0.459 e. The highest BCUT2D eigenvalue weighted by Gasteiger charge is 2.68. The zero-order valence-electron chi connectivity index (χ0n) is 45.0. The van der Waals surface area contributed by atoms with Gasteiger partial charge in [0.1, 0.15) is 49.0 Å². The molecular formula is C56H73ClF2N4O20P2. The minimum atomic E-state index is -4.60. The summed E-state index contributed by atoms with van der Waals surface area (Å²) in [6.07, 6.45) is 13.9. The molecule has 4 heterocycles. The van der Waals surface area contributed by atoms with Crippen LogP contribution in [0.2, 0.25) is 0 Å². The van der Waals surface area contributed by atoms with E-state index in [1.165, 1.54) is 25.5 Å². The van der Waals surface area contributed by atoms with Crippen LogP contribution in [0.15, 0.2) is 85.2 Å². The molecule has 0 radical (unpaired) electrons. The van der Waals surface area contributed by atoms with Crippen molar-refractivity contribution in [1.29, 1.82) is 0 Å². The van der Waals surface area contributed by atoms with Crippen LogP contribution in [0.25, 0.3) is 0 Å². The van der Waals surface area contributed by atoms with E-state index in [9.17, 15) is 62.7 Å². The van der Waals surface area contributed by atoms with Crippen LogP contribution in [0.4, 0.5) is 8.78 Å². The van der Waals surface area contributed by atoms with Crippen LogP contribution in [0, 0.1) is 24.7 Å². The molecule has 29 heteroatoms. The lowest BCUT2D eigenvalue weighted by molar-refractivity contribution is -0.213. The third-order valence-electron chi connectivity index (χ3n) is 13.7. The van der Waals surface area contributed by atoms with Gasteiger partial charge in [-0.25, -0.2) is 23.0 Å². The Bertz CT molecular complexity index is 2910. The number of rotatable bonds is 18. The second kappa shape index (κ2) is 30.6. The fraction of sp³-hybridized carbons (Fsp3) is 0.536. The molecule has 12 atom stereocenters. The van der Waals surface area contributed by atoms with Gasteiger partial charge in [0.2, 0.25) is 23.0 Å². The number of esters is 2. The third-order valence-corrected chi connectivity index (χ3v) is 17.0. The highest BCUT2D eigenvalue weighted by molar-refractivity contribution is 7.84. The van der Waals surface area contributed by atoms with Crippen LogP contribution < -0.4 is 19.2 Å². The van der Waals surface area contributed by atoms with Crippen molar-refractivity contribution in [3.05, 3.63) is 85.2 Å². The molecule has 4 aliphatic heterocycles. The number of nitrogens with zero attached hydrogens (tertiary/aromatic N) is 2. The number of benzene rings is 2. The molecule has 6 aliphatic rings. The van der Waals surface area contributed by atoms with Gasteiger partial charge in [-0.15, -0.1) is 12.8 Å². The van der Waals surface area contributed by atoms with Crippen molar-refractivity contribution in [2.45, 2.75) is 178 Å². The molecule has 2 unspecified atom stereocenters. The number of para-hydroxylation sites is 2. The van der Waals surface area contributed by atoms with E-state index in [1.807, 2.05) is 12.0 Å². The van der Waals surface area contributed by atoms with Crippen LogP contribution in [-0.2, 0) is 61.4 Å². The van der Waals surface area contributed by atoms with E-state index in [-0.39, 0.29) is 32.8 Å². The minimum Gasteiger partial charge on any atom is -0.461 e. The second-order valence-electron chi connectivity index (χ2n) is 20.1. The summed E-state index contributed by atoms with van der Waals surface area (Å²) < 4.78 is 93.2. The number of nitrogens with one attached hydrogen (secondary N) is 2. The molecule has 2 saturated heterocycles. The maximum Gasteiger partial charge on any atom is 0.459 e. The quantitative estimate of drug-likeness (QED) is 0.0408. The number of allylic oxidation sites excluding steroid dienone is 2. The molecule has 2 aliphatic carbocycles. The van der Waals surface area contributed by atoms with Crippen LogP contribution in [-0.4, -0.2) is 156 Å². The maximum absolute atomic E-state index is 16.1. The van der Waals surface area contributed by atoms with E-state index >= 15 is 4.39 Å². The topological polar surface area (TPSA) is 333 Å². The summed E-state index contributed by atoms with van der Waals surface area (Å²) in [6, 6.07) is 14.3. The van der Waals surface area contributed by atoms with E-state index in [0.717, 1.165) is 74.4 Å². The van der Waals surface area contributed by atoms with Gasteiger partial charge in [-0.3, -0.25) is 43.1 Å². The highest BCUT2D eigenvalue weighted by Crippen LogP contribution is 2.50. The predicted molar refractivity (Wildman–Crippen MR) is 301 cm³/mol. The molecule has 2 aromatic carbocycles. The molecule has 4 fully saturated rings. The summed E-state index contributed by atoms with van der Waals surface area (Å²) in [6.45, 7) is -3.31. The van der Waals surface area contributed by atoms with Crippen molar-refractivity contribution in [1.82, 2.24) is 20.0 Å². The Balaban J connectivity index is 0.000000297. The van der Waals surface area contributed by atoms with Gasteiger partial charge in [0.05, 0.1) is 12.8 Å². The molecule has 2 saturated carbocycles. The number of carbonyl (C=O) groups excluding carboxylic acids is 6. The van der Waals surface area contributed by atoms with Crippen LogP contribution in [0.3, 0.4) is 0 Å². The number of amides is 2. The lowest BCUT2D eigenvalue weighted by Crippen LogP contribution is -2.56. The number of hydrogen-bond acceptors (Lipinski definition) is 20. The second-order valence-corrected chi connectivity index (χ2v) is 24.5. The van der Waals surface area contributed by atoms with Crippen molar-refractivity contribution in [3.8, 4) is 36.2 Å². The molecule has 468 valence electrons. The summed E-state index contributed by atoms with van der Waals surface area (Å²) >= 11 is 5.87. The highest BCUT2D eigenvalue weighted by atomic mass is 35.7. The molecule has 0 spiro atoms. The first-order chi connectivity index (χ1) is 39.1. The standard InChI is InChI=1S/C27H32FN2O10P.C15H21ClNO4P.C12H12FNO6.2CH4/c1-3-26(35)24(34)27(28,39-25(26)30-15-14-19(31)16-22(30)32)17-37-41(36,40-21-12-8-5-9-13-21)29-18(2)23(33)38-20-10-6-4-7-11-20;1-12(15(18)20-13-8-4-2-5-9-13)17-22(16,19)21-14-10-6-3-7-11-14;1-2-11(19)9(18)12(13,6-15)20-10(11)14-4-3-7(16)5-8(14)17;;/h1,5,8-9,12-15,18,20,24-25,34-35H,4,6-7,10-11,16-17H2,2H3,(H,29,36);3,6-7,10-13H,2,4-5,8-9H2,1H3,(H,17,19);1,3-4,9-10,15,18-19H,5-6H2;2*1H4/t18-,24-,25+,26+,27+,41?;12-,22?;9-,10+,11+,12+;;/m000../s1. The van der Waals surface area contributed by atoms with E-state index in [4.69, 9.17) is 61.7 Å². The summed E-state index contributed by atoms with van der Waals surface area (Å²) in [5.41, 5.74) is -5.34. The predicted octanol–water partition coefficient (Wildman–Crippen LogP) is 5.69. The van der Waals surface area contributed by atoms with Gasteiger partial charge in [-0.1, -0.05) is 75.9 Å². The maximum atomic E-state index is 16.1. The Morgan fingerprint density at radius 2 is 1.08 bits per heavy atom. The van der Waals surface area contributed by atoms with E-state index in [1.54, 1.807) is 55.3 Å². The Labute approximate surface area is 496 Å². The Morgan fingerprint density at radius 1 is 0.694 bits per heavy atom. The van der Waals surface area contributed by atoms with Gasteiger partial charge >= 0.3 is 26.6 Å². The monoisotopic (exact) mass is 1260 g/mol. The fourth-order valence-corrected chi connectivity index (χ4v) is 12.4. The molecular weight excluding hydrogens is 1180 g/mol. The van der Waals surface area contributed by atoms with Crippen molar-refractivity contribution < 1.29 is 105 Å². The summed E-state index contributed by atoms with van der Waals surface area (Å²) in [4.78, 5) is 72.9. The fourth-order valence-electron chi connectivity index (χ4n) is 9.19. The van der Waals surface area contributed by atoms with Gasteiger partial charge in [-0.2, -0.15) is 5.09 Å². The zero-order valence-corrected chi connectivity index (χ0v) is 47.6. The van der Waals surface area contributed by atoms with Crippen molar-refractivity contribution >= 4 is 61.2 Å². The van der Waals surface area contributed by atoms with Gasteiger partial charge in [0, 0.05) is 23.6 Å². The van der Waals surface area contributed by atoms with Crippen LogP contribution in [0.5, 0.6) is 11.5 Å². The molecule has 8 rings (SSSR count). The number of hydrogen-bond donors (Lipinski definition) is 7. The van der Waals surface area contributed by atoms with Gasteiger partial charge < -0.3 is 53.5 Å². The van der Waals surface area contributed by atoms with Crippen molar-refractivity contribution in [2.75, 3.05) is 13.2 Å². The SMILES string of the molecule is C.C.C#C[C@]1(O)[C@H](N2C=CC(=O)CC2=O)O[C@](F)(CO)[C@H]1O.C#C[C@]1(O)[C@H](N2C=CC(=O)CC2=O)O[C@](F)(COP(=O)(N[C@@H](C)C(=O)OC2CCCCC2)Oc2ccccc2)[C@H]1O.C[C@H](NP(=O)(Cl)Oc1ccccc1)C(=O)OC1CCCCC1. The average Bonchev–Trinajstić information content (AvgIpc) is 1.77. The number of carbonyl (C=O) groups is 6. The molecule has 24 nitrogen and oxygen atoms in total. The Kier molecular flexibility index (Phi) is 25.8. The molecule has 7 N–H and O–H groups in total. The summed E-state index contributed by atoms with van der Waals surface area (Å²) in [5, 5.41) is 55.4. The molecule has 0 bridgehead atoms. The largest absolute Gasteiger partial charge is 0.461 e. The average molecular weight is 1260 g/mol. The lowest BCUT2D eigenvalue weighted by Gasteiger charge is -2.33. The number of terminal acetylenes is 2. The van der Waals surface area contributed by atoms with Crippen molar-refractivity contribution in [3.63, 3.8) is 0 Å². The molecule has 0 aromatic heterocycles. The number of aliphatic hydroxyl groups excluding tert-OH is 3. The van der Waals surface area contributed by atoms with E-state index in [0.29, 0.717) is 23.5 Å². The van der Waals surface area contributed by atoms with E-state index in [2.05, 4.69) is 10.2 Å². The van der Waals surface area contributed by atoms with Gasteiger partial charge in [0.15, 0.2) is 36.2 Å². The first-order valence-electron chi connectivity index (χ1n) is 26.3. The van der Waals surface area contributed by atoms with E-state index < -0.39 is 136 Å². The Hall–Kier alpha value is -5.93. The first-order valence-corrected chi connectivity index (χ1v) is 30.4. The minimum absolute atomic E-state index is 0. The Morgan fingerprint density at radius 3 is 1.48 bits per heavy atom. The van der Waals surface area contributed by atoms with Gasteiger partial charge in [-0.05, 0) is 102 Å². The number of ketones is 2. The van der Waals surface area contributed by atoms with Crippen molar-refractivity contribution in [2.24, 2.45) is 0 Å².